The maximum atomic E-state index is 11.9. The molecule has 6 nitrogen and oxygen atoms in total. The van der Waals surface area contributed by atoms with Crippen molar-refractivity contribution in [2.75, 3.05) is 10.6 Å². The van der Waals surface area contributed by atoms with Crippen LogP contribution in [-0.2, 0) is 16.1 Å². The molecule has 0 atom stereocenters. The van der Waals surface area contributed by atoms with Gasteiger partial charge in [0.05, 0.1) is 11.2 Å². The fourth-order valence-corrected chi connectivity index (χ4v) is 2.25. The average molecular weight is 349 g/mol. The molecular formula is C17H21ClN4O2. The molecule has 0 spiro atoms. The molecule has 7 heteroatoms. The Bertz CT molecular complexity index is 682. The maximum Gasteiger partial charge on any atom is 0.226 e. The van der Waals surface area contributed by atoms with Gasteiger partial charge >= 0.3 is 0 Å². The molecule has 0 bridgehead atoms. The monoisotopic (exact) mass is 348 g/mol. The number of aromatic nitrogens is 2. The SMILES string of the molecule is CCCCC(=O)Nc1ccc(NC(=O)CCn2cc(Cl)cn2)cc1. The molecule has 0 saturated heterocycles. The number of anilines is 2. The molecule has 0 aliphatic carbocycles. The first kappa shape index (κ1) is 18.0. The molecule has 0 aliphatic rings. The van der Waals surface area contributed by atoms with Crippen LogP contribution < -0.4 is 10.6 Å². The van der Waals surface area contributed by atoms with E-state index in [0.717, 1.165) is 18.5 Å². The van der Waals surface area contributed by atoms with E-state index < -0.39 is 0 Å². The number of hydrogen-bond acceptors (Lipinski definition) is 3. The zero-order chi connectivity index (χ0) is 17.4. The Labute approximate surface area is 146 Å². The molecule has 1 aromatic heterocycles. The van der Waals surface area contributed by atoms with Crippen LogP contribution in [0.3, 0.4) is 0 Å². The average Bonchev–Trinajstić information content (AvgIpc) is 2.98. The minimum absolute atomic E-state index is 0.00604. The summed E-state index contributed by atoms with van der Waals surface area (Å²) in [6.45, 7) is 2.51. The van der Waals surface area contributed by atoms with Gasteiger partial charge in [-0.25, -0.2) is 0 Å². The number of carbonyl (C=O) groups is 2. The third-order valence-electron chi connectivity index (χ3n) is 3.38. The Morgan fingerprint density at radius 2 is 1.67 bits per heavy atom. The lowest BCUT2D eigenvalue weighted by Gasteiger charge is -2.08. The van der Waals surface area contributed by atoms with Gasteiger partial charge in [-0.3, -0.25) is 14.3 Å². The highest BCUT2D eigenvalue weighted by atomic mass is 35.5. The van der Waals surface area contributed by atoms with Crippen LogP contribution in [-0.4, -0.2) is 21.6 Å². The van der Waals surface area contributed by atoms with Crippen LogP contribution >= 0.6 is 11.6 Å². The lowest BCUT2D eigenvalue weighted by Crippen LogP contribution is -2.15. The van der Waals surface area contributed by atoms with Crippen molar-refractivity contribution < 1.29 is 9.59 Å². The molecule has 0 radical (unpaired) electrons. The van der Waals surface area contributed by atoms with E-state index in [0.29, 0.717) is 30.1 Å². The molecular weight excluding hydrogens is 328 g/mol. The number of carbonyl (C=O) groups excluding carboxylic acids is 2. The summed E-state index contributed by atoms with van der Waals surface area (Å²) >= 11 is 5.77. The van der Waals surface area contributed by atoms with Crippen LogP contribution in [0.2, 0.25) is 5.02 Å². The van der Waals surface area contributed by atoms with Crippen molar-refractivity contribution in [2.24, 2.45) is 0 Å². The Morgan fingerprint density at radius 3 is 2.17 bits per heavy atom. The standard InChI is InChI=1S/C17H21ClN4O2/c1-2-3-4-16(23)20-14-5-7-15(8-6-14)21-17(24)9-10-22-12-13(18)11-19-22/h5-8,11-12H,2-4,9-10H2,1H3,(H,20,23)(H,21,24). The summed E-state index contributed by atoms with van der Waals surface area (Å²) < 4.78 is 1.62. The summed E-state index contributed by atoms with van der Waals surface area (Å²) in [7, 11) is 0. The number of nitrogens with one attached hydrogen (secondary N) is 2. The number of halogens is 1. The van der Waals surface area contributed by atoms with Crippen LogP contribution in [0, 0.1) is 0 Å². The molecule has 1 heterocycles. The van der Waals surface area contributed by atoms with Crippen molar-refractivity contribution in [1.82, 2.24) is 9.78 Å². The van der Waals surface area contributed by atoms with Crippen LogP contribution in [0.4, 0.5) is 11.4 Å². The van der Waals surface area contributed by atoms with E-state index in [2.05, 4.69) is 15.7 Å². The highest BCUT2D eigenvalue weighted by molar-refractivity contribution is 6.30. The predicted molar refractivity (Wildman–Crippen MR) is 95.1 cm³/mol. The fourth-order valence-electron chi connectivity index (χ4n) is 2.10. The zero-order valence-corrected chi connectivity index (χ0v) is 14.3. The number of aryl methyl sites for hydroxylation is 1. The summed E-state index contributed by atoms with van der Waals surface area (Å²) in [5, 5.41) is 10.2. The normalized spacial score (nSPS) is 10.4. The zero-order valence-electron chi connectivity index (χ0n) is 13.6. The number of rotatable bonds is 8. The third-order valence-corrected chi connectivity index (χ3v) is 3.57. The van der Waals surface area contributed by atoms with Crippen molar-refractivity contribution in [3.8, 4) is 0 Å². The van der Waals surface area contributed by atoms with E-state index in [1.807, 2.05) is 6.92 Å². The second kappa shape index (κ2) is 9.08. The molecule has 0 saturated carbocycles. The van der Waals surface area contributed by atoms with Gasteiger partial charge in [0.2, 0.25) is 11.8 Å². The van der Waals surface area contributed by atoms with Crippen molar-refractivity contribution in [2.45, 2.75) is 39.2 Å². The number of benzene rings is 1. The van der Waals surface area contributed by atoms with E-state index in [1.54, 1.807) is 35.1 Å². The lowest BCUT2D eigenvalue weighted by atomic mass is 10.2. The Morgan fingerprint density at radius 1 is 1.08 bits per heavy atom. The molecule has 2 amide bonds. The minimum atomic E-state index is -0.110. The molecule has 0 unspecified atom stereocenters. The second-order valence-electron chi connectivity index (χ2n) is 5.45. The molecule has 1 aromatic carbocycles. The molecule has 2 aromatic rings. The second-order valence-corrected chi connectivity index (χ2v) is 5.89. The fraction of sp³-hybridized carbons (Fsp3) is 0.353. The number of unbranched alkanes of at least 4 members (excludes halogenated alkanes) is 1. The van der Waals surface area contributed by atoms with E-state index in [1.165, 1.54) is 6.20 Å². The van der Waals surface area contributed by atoms with Crippen molar-refractivity contribution in [1.29, 1.82) is 0 Å². The molecule has 0 aliphatic heterocycles. The van der Waals surface area contributed by atoms with Crippen molar-refractivity contribution >= 4 is 34.8 Å². The predicted octanol–water partition coefficient (Wildman–Crippen LogP) is 3.69. The number of nitrogens with zero attached hydrogens (tertiary/aromatic N) is 2. The minimum Gasteiger partial charge on any atom is -0.326 e. The van der Waals surface area contributed by atoms with Crippen molar-refractivity contribution in [3.05, 3.63) is 41.7 Å². The topological polar surface area (TPSA) is 76.0 Å². The number of hydrogen-bond donors (Lipinski definition) is 2. The van der Waals surface area contributed by atoms with Crippen LogP contribution in [0.5, 0.6) is 0 Å². The van der Waals surface area contributed by atoms with Gasteiger partial charge in [-0.1, -0.05) is 24.9 Å². The Hall–Kier alpha value is -2.34. The van der Waals surface area contributed by atoms with E-state index in [-0.39, 0.29) is 11.8 Å². The Balaban J connectivity index is 1.78. The van der Waals surface area contributed by atoms with Gasteiger partial charge in [-0.05, 0) is 30.7 Å². The first-order chi connectivity index (χ1) is 11.6. The van der Waals surface area contributed by atoms with E-state index in [4.69, 9.17) is 11.6 Å². The van der Waals surface area contributed by atoms with Gasteiger partial charge < -0.3 is 10.6 Å². The van der Waals surface area contributed by atoms with E-state index in [9.17, 15) is 9.59 Å². The molecule has 2 N–H and O–H groups in total. The first-order valence-corrected chi connectivity index (χ1v) is 8.32. The molecule has 0 fully saturated rings. The summed E-state index contributed by atoms with van der Waals surface area (Å²) in [4.78, 5) is 23.6. The van der Waals surface area contributed by atoms with Gasteiger partial charge in [0.15, 0.2) is 0 Å². The van der Waals surface area contributed by atoms with Crippen LogP contribution in [0.15, 0.2) is 36.7 Å². The van der Waals surface area contributed by atoms with Gasteiger partial charge in [-0.2, -0.15) is 5.10 Å². The van der Waals surface area contributed by atoms with Crippen molar-refractivity contribution in [3.63, 3.8) is 0 Å². The maximum absolute atomic E-state index is 11.9. The van der Waals surface area contributed by atoms with Gasteiger partial charge in [0, 0.05) is 37.0 Å². The third kappa shape index (κ3) is 6.04. The Kier molecular flexibility index (Phi) is 6.81. The highest BCUT2D eigenvalue weighted by Gasteiger charge is 2.05. The van der Waals surface area contributed by atoms with E-state index >= 15 is 0 Å². The lowest BCUT2D eigenvalue weighted by molar-refractivity contribution is -0.117. The quantitative estimate of drug-likeness (QED) is 0.763. The molecule has 128 valence electrons. The van der Waals surface area contributed by atoms with Gasteiger partial charge in [0.25, 0.3) is 0 Å². The van der Waals surface area contributed by atoms with Crippen LogP contribution in [0.1, 0.15) is 32.6 Å². The van der Waals surface area contributed by atoms with Gasteiger partial charge in [-0.15, -0.1) is 0 Å². The largest absolute Gasteiger partial charge is 0.326 e. The van der Waals surface area contributed by atoms with Gasteiger partial charge in [0.1, 0.15) is 0 Å². The smallest absolute Gasteiger partial charge is 0.226 e. The summed E-state index contributed by atoms with van der Waals surface area (Å²) in [5.41, 5.74) is 1.41. The summed E-state index contributed by atoms with van der Waals surface area (Å²) in [5.74, 6) is -0.104. The summed E-state index contributed by atoms with van der Waals surface area (Å²) in [6, 6.07) is 7.07. The molecule has 24 heavy (non-hydrogen) atoms. The van der Waals surface area contributed by atoms with Crippen LogP contribution in [0.25, 0.3) is 0 Å². The molecule has 2 rings (SSSR count). The summed E-state index contributed by atoms with van der Waals surface area (Å²) in [6.07, 6.45) is 5.89. The number of amides is 2. The first-order valence-electron chi connectivity index (χ1n) is 7.94. The highest BCUT2D eigenvalue weighted by Crippen LogP contribution is 2.14.